The first-order valence-electron chi connectivity index (χ1n) is 6.62. The van der Waals surface area contributed by atoms with Crippen LogP contribution >= 0.6 is 15.9 Å². The van der Waals surface area contributed by atoms with Crippen LogP contribution in [0.1, 0.15) is 37.0 Å². The third-order valence-corrected chi connectivity index (χ3v) is 3.79. The van der Waals surface area contributed by atoms with Crippen molar-refractivity contribution in [2.45, 2.75) is 26.4 Å². The number of aryl methyl sites for hydroxylation is 1. The van der Waals surface area contributed by atoms with Gasteiger partial charge in [0.05, 0.1) is 5.69 Å². The molecule has 0 aliphatic heterocycles. The summed E-state index contributed by atoms with van der Waals surface area (Å²) in [6.07, 6.45) is 0.331. The Morgan fingerprint density at radius 1 is 1.30 bits per heavy atom. The zero-order valence-corrected chi connectivity index (χ0v) is 13.1. The minimum Gasteiger partial charge on any atom is -0.366 e. The summed E-state index contributed by atoms with van der Waals surface area (Å²) in [5, 5.41) is 0. The number of hydrogen-bond acceptors (Lipinski definition) is 3. The lowest BCUT2D eigenvalue weighted by Gasteiger charge is -2.17. The Kier molecular flexibility index (Phi) is 5.09. The Bertz CT molecular complexity index is 626. The van der Waals surface area contributed by atoms with Crippen LogP contribution in [0.25, 0.3) is 0 Å². The lowest BCUT2D eigenvalue weighted by Crippen LogP contribution is -2.20. The zero-order chi connectivity index (χ0) is 14.5. The molecule has 0 fully saturated rings. The maximum atomic E-state index is 12.0. The standard InChI is InChI=1S/C15H17BrN2O2/c1-3-11-12(16)15(19)18-14(17-11)13(20-4-2)10-8-6-5-7-9-10/h5-9,13H,3-4H2,1-2H3,(H,17,18,19). The number of rotatable bonds is 5. The number of aromatic amines is 1. The summed E-state index contributed by atoms with van der Waals surface area (Å²) in [5.74, 6) is 0.545. The smallest absolute Gasteiger partial charge is 0.265 e. The number of hydrogen-bond donors (Lipinski definition) is 1. The minimum atomic E-state index is -0.354. The van der Waals surface area contributed by atoms with Gasteiger partial charge in [-0.1, -0.05) is 37.3 Å². The molecule has 0 saturated heterocycles. The first-order valence-corrected chi connectivity index (χ1v) is 7.41. The lowest BCUT2D eigenvalue weighted by atomic mass is 10.1. The van der Waals surface area contributed by atoms with Gasteiger partial charge < -0.3 is 9.72 Å². The number of nitrogens with zero attached hydrogens (tertiary/aromatic N) is 1. The Balaban J connectivity index is 2.50. The fraction of sp³-hybridized carbons (Fsp3) is 0.333. The van der Waals surface area contributed by atoms with Crippen LogP contribution in [0.2, 0.25) is 0 Å². The summed E-state index contributed by atoms with van der Waals surface area (Å²) >= 11 is 3.27. The molecule has 0 saturated carbocycles. The molecule has 0 aliphatic rings. The van der Waals surface area contributed by atoms with Crippen LogP contribution in [0.4, 0.5) is 0 Å². The van der Waals surface area contributed by atoms with Crippen LogP contribution in [-0.2, 0) is 11.2 Å². The predicted octanol–water partition coefficient (Wildman–Crippen LogP) is 3.22. The molecule has 20 heavy (non-hydrogen) atoms. The van der Waals surface area contributed by atoms with Crippen LogP contribution in [0.3, 0.4) is 0 Å². The maximum absolute atomic E-state index is 12.0. The molecule has 4 nitrogen and oxygen atoms in total. The molecule has 2 rings (SSSR count). The van der Waals surface area contributed by atoms with E-state index in [1.54, 1.807) is 0 Å². The largest absolute Gasteiger partial charge is 0.366 e. The Morgan fingerprint density at radius 2 is 2.00 bits per heavy atom. The third kappa shape index (κ3) is 3.16. The van der Waals surface area contributed by atoms with Crippen molar-refractivity contribution < 1.29 is 4.74 Å². The van der Waals surface area contributed by atoms with Crippen LogP contribution in [0.5, 0.6) is 0 Å². The van der Waals surface area contributed by atoms with E-state index in [0.717, 1.165) is 11.3 Å². The molecule has 106 valence electrons. The second-order valence-electron chi connectivity index (χ2n) is 4.31. The number of ether oxygens (including phenoxy) is 1. The van der Waals surface area contributed by atoms with Gasteiger partial charge >= 0.3 is 0 Å². The number of nitrogens with one attached hydrogen (secondary N) is 1. The van der Waals surface area contributed by atoms with Gasteiger partial charge in [0.15, 0.2) is 0 Å². The van der Waals surface area contributed by atoms with Gasteiger partial charge in [-0.2, -0.15) is 0 Å². The molecule has 1 aromatic carbocycles. The molecule has 0 amide bonds. The number of aromatic nitrogens is 2. The highest BCUT2D eigenvalue weighted by atomic mass is 79.9. The monoisotopic (exact) mass is 336 g/mol. The summed E-state index contributed by atoms with van der Waals surface area (Å²) in [7, 11) is 0. The van der Waals surface area contributed by atoms with Crippen molar-refractivity contribution >= 4 is 15.9 Å². The quantitative estimate of drug-likeness (QED) is 0.911. The van der Waals surface area contributed by atoms with Gasteiger partial charge in [0.1, 0.15) is 16.4 Å². The Labute approximate surface area is 126 Å². The van der Waals surface area contributed by atoms with E-state index in [1.807, 2.05) is 44.2 Å². The minimum absolute atomic E-state index is 0.174. The summed E-state index contributed by atoms with van der Waals surface area (Å²) in [5.41, 5.74) is 1.54. The number of H-pyrrole nitrogens is 1. The van der Waals surface area contributed by atoms with E-state index in [2.05, 4.69) is 25.9 Å². The van der Waals surface area contributed by atoms with Crippen molar-refractivity contribution in [1.29, 1.82) is 0 Å². The van der Waals surface area contributed by atoms with Crippen molar-refractivity contribution in [2.75, 3.05) is 6.61 Å². The van der Waals surface area contributed by atoms with Crippen LogP contribution in [0, 0.1) is 0 Å². The highest BCUT2D eigenvalue weighted by Gasteiger charge is 2.19. The molecule has 0 aliphatic carbocycles. The molecule has 0 radical (unpaired) electrons. The molecule has 5 heteroatoms. The van der Waals surface area contributed by atoms with Crippen molar-refractivity contribution in [1.82, 2.24) is 9.97 Å². The van der Waals surface area contributed by atoms with E-state index >= 15 is 0 Å². The van der Waals surface area contributed by atoms with E-state index in [-0.39, 0.29) is 11.7 Å². The maximum Gasteiger partial charge on any atom is 0.265 e. The molecular weight excluding hydrogens is 320 g/mol. The predicted molar refractivity (Wildman–Crippen MR) is 81.8 cm³/mol. The Hall–Kier alpha value is -1.46. The van der Waals surface area contributed by atoms with Gasteiger partial charge in [0.2, 0.25) is 0 Å². The van der Waals surface area contributed by atoms with E-state index < -0.39 is 0 Å². The van der Waals surface area contributed by atoms with Crippen molar-refractivity contribution in [3.63, 3.8) is 0 Å². The summed E-state index contributed by atoms with van der Waals surface area (Å²) in [6, 6.07) is 9.77. The highest BCUT2D eigenvalue weighted by molar-refractivity contribution is 9.10. The van der Waals surface area contributed by atoms with Crippen molar-refractivity contribution in [3.8, 4) is 0 Å². The van der Waals surface area contributed by atoms with Gasteiger partial charge in [-0.25, -0.2) is 4.98 Å². The normalized spacial score (nSPS) is 12.3. The average molecular weight is 337 g/mol. The van der Waals surface area contributed by atoms with Gasteiger partial charge in [-0.15, -0.1) is 0 Å². The molecular formula is C15H17BrN2O2. The first kappa shape index (κ1) is 14.9. The zero-order valence-electron chi connectivity index (χ0n) is 11.5. The summed E-state index contributed by atoms with van der Waals surface area (Å²) < 4.78 is 6.25. The fourth-order valence-electron chi connectivity index (χ4n) is 2.01. The number of benzene rings is 1. The molecule has 0 bridgehead atoms. The van der Waals surface area contributed by atoms with E-state index in [4.69, 9.17) is 4.74 Å². The second kappa shape index (κ2) is 6.81. The average Bonchev–Trinajstić information content (AvgIpc) is 2.48. The molecule has 1 aromatic heterocycles. The lowest BCUT2D eigenvalue weighted by molar-refractivity contribution is 0.0847. The Morgan fingerprint density at radius 3 is 2.60 bits per heavy atom. The molecule has 1 heterocycles. The first-order chi connectivity index (χ1) is 9.67. The van der Waals surface area contributed by atoms with Gasteiger partial charge in [-0.3, -0.25) is 4.79 Å². The number of halogens is 1. The topological polar surface area (TPSA) is 55.0 Å². The van der Waals surface area contributed by atoms with Gasteiger partial charge in [-0.05, 0) is 34.8 Å². The van der Waals surface area contributed by atoms with Crippen molar-refractivity contribution in [3.05, 3.63) is 62.2 Å². The molecule has 2 aromatic rings. The summed E-state index contributed by atoms with van der Waals surface area (Å²) in [6.45, 7) is 4.43. The third-order valence-electron chi connectivity index (χ3n) is 2.97. The van der Waals surface area contributed by atoms with Crippen LogP contribution < -0.4 is 5.56 Å². The molecule has 1 unspecified atom stereocenters. The summed E-state index contributed by atoms with van der Waals surface area (Å²) in [4.78, 5) is 19.3. The fourth-order valence-corrected chi connectivity index (χ4v) is 2.48. The van der Waals surface area contributed by atoms with Crippen LogP contribution in [0.15, 0.2) is 39.6 Å². The van der Waals surface area contributed by atoms with E-state index in [9.17, 15) is 4.79 Å². The van der Waals surface area contributed by atoms with Crippen molar-refractivity contribution in [2.24, 2.45) is 0 Å². The van der Waals surface area contributed by atoms with Gasteiger partial charge in [0, 0.05) is 6.61 Å². The molecule has 0 spiro atoms. The van der Waals surface area contributed by atoms with E-state index in [0.29, 0.717) is 23.3 Å². The molecule has 1 atom stereocenters. The van der Waals surface area contributed by atoms with Crippen LogP contribution in [-0.4, -0.2) is 16.6 Å². The second-order valence-corrected chi connectivity index (χ2v) is 5.10. The van der Waals surface area contributed by atoms with Gasteiger partial charge in [0.25, 0.3) is 5.56 Å². The SMILES string of the molecule is CCOC(c1ccccc1)c1nc(CC)c(Br)c(=O)[nH]1. The molecule has 1 N–H and O–H groups in total. The highest BCUT2D eigenvalue weighted by Crippen LogP contribution is 2.23. The van der Waals surface area contributed by atoms with E-state index in [1.165, 1.54) is 0 Å².